The maximum absolute atomic E-state index is 12.6. The average Bonchev–Trinajstić information content (AvgIpc) is 2.81. The molecule has 4 rings (SSSR count). The van der Waals surface area contributed by atoms with Crippen LogP contribution in [0.3, 0.4) is 0 Å². The number of anilines is 1. The number of nitrogens with one attached hydrogen (secondary N) is 1. The molecule has 3 aromatic carbocycles. The van der Waals surface area contributed by atoms with E-state index in [0.717, 1.165) is 28.4 Å². The molecule has 0 aliphatic rings. The Morgan fingerprint density at radius 1 is 0.767 bits per heavy atom. The van der Waals surface area contributed by atoms with Gasteiger partial charge in [0.15, 0.2) is 0 Å². The topological polar surface area (TPSA) is 60.5 Å². The molecular weight excluding hydrogens is 376 g/mol. The smallest absolute Gasteiger partial charge is 0.257 e. The molecule has 0 radical (unpaired) electrons. The average molecular weight is 396 g/mol. The summed E-state index contributed by atoms with van der Waals surface area (Å²) >= 11 is 0. The van der Waals surface area contributed by atoms with Crippen LogP contribution in [0.4, 0.5) is 5.69 Å². The summed E-state index contributed by atoms with van der Waals surface area (Å²) in [5, 5.41) is 2.87. The highest BCUT2D eigenvalue weighted by Gasteiger charge is 2.09. The normalized spacial score (nSPS) is 10.3. The summed E-state index contributed by atoms with van der Waals surface area (Å²) in [6.45, 7) is 0. The summed E-state index contributed by atoms with van der Waals surface area (Å²) < 4.78 is 11.0. The van der Waals surface area contributed by atoms with Crippen molar-refractivity contribution in [2.24, 2.45) is 0 Å². The molecule has 30 heavy (non-hydrogen) atoms. The van der Waals surface area contributed by atoms with Crippen LogP contribution in [-0.2, 0) is 0 Å². The fourth-order valence-corrected chi connectivity index (χ4v) is 2.94. The first-order chi connectivity index (χ1) is 14.7. The van der Waals surface area contributed by atoms with Gasteiger partial charge in [0.05, 0.1) is 12.7 Å². The van der Waals surface area contributed by atoms with E-state index in [4.69, 9.17) is 9.47 Å². The summed E-state index contributed by atoms with van der Waals surface area (Å²) in [5.41, 5.74) is 2.96. The van der Waals surface area contributed by atoms with Gasteiger partial charge in [-0.1, -0.05) is 30.3 Å². The minimum Gasteiger partial charge on any atom is -0.497 e. The molecule has 0 aliphatic heterocycles. The molecule has 0 bridgehead atoms. The molecule has 0 atom stereocenters. The zero-order valence-corrected chi connectivity index (χ0v) is 16.4. The number of ether oxygens (including phenoxy) is 2. The molecule has 5 nitrogen and oxygen atoms in total. The molecule has 1 amide bonds. The van der Waals surface area contributed by atoms with Gasteiger partial charge in [0.2, 0.25) is 0 Å². The zero-order valence-electron chi connectivity index (χ0n) is 16.4. The molecule has 5 heteroatoms. The number of nitrogens with zero attached hydrogens (tertiary/aromatic N) is 1. The van der Waals surface area contributed by atoms with Gasteiger partial charge in [-0.05, 0) is 60.2 Å². The quantitative estimate of drug-likeness (QED) is 0.447. The molecule has 0 unspecified atom stereocenters. The van der Waals surface area contributed by atoms with Crippen molar-refractivity contribution >= 4 is 11.6 Å². The van der Waals surface area contributed by atoms with E-state index in [0.29, 0.717) is 11.3 Å². The lowest BCUT2D eigenvalue weighted by atomic mass is 10.1. The van der Waals surface area contributed by atoms with Gasteiger partial charge >= 0.3 is 0 Å². The number of pyridine rings is 1. The van der Waals surface area contributed by atoms with Gasteiger partial charge < -0.3 is 14.8 Å². The van der Waals surface area contributed by atoms with Gasteiger partial charge in [0.1, 0.15) is 17.2 Å². The van der Waals surface area contributed by atoms with Gasteiger partial charge in [0, 0.05) is 23.6 Å². The number of methoxy groups -OCH3 is 1. The highest BCUT2D eigenvalue weighted by Crippen LogP contribution is 2.26. The molecule has 1 N–H and O–H groups in total. The second-order valence-corrected chi connectivity index (χ2v) is 6.58. The third-order valence-electron chi connectivity index (χ3n) is 4.51. The van der Waals surface area contributed by atoms with Gasteiger partial charge in [0.25, 0.3) is 5.91 Å². The second kappa shape index (κ2) is 8.92. The van der Waals surface area contributed by atoms with Crippen LogP contribution < -0.4 is 14.8 Å². The van der Waals surface area contributed by atoms with E-state index in [1.165, 1.54) is 0 Å². The van der Waals surface area contributed by atoms with Crippen molar-refractivity contribution in [3.63, 3.8) is 0 Å². The lowest BCUT2D eigenvalue weighted by Gasteiger charge is -2.09. The molecule has 0 spiro atoms. The van der Waals surface area contributed by atoms with Crippen molar-refractivity contribution in [1.29, 1.82) is 0 Å². The minimum atomic E-state index is -0.224. The predicted molar refractivity (Wildman–Crippen MR) is 117 cm³/mol. The molecule has 0 aliphatic carbocycles. The first-order valence-corrected chi connectivity index (χ1v) is 9.45. The fraction of sp³-hybridized carbons (Fsp3) is 0.0400. The van der Waals surface area contributed by atoms with E-state index in [1.807, 2.05) is 60.7 Å². The Morgan fingerprint density at radius 2 is 1.43 bits per heavy atom. The van der Waals surface area contributed by atoms with Crippen LogP contribution in [0.1, 0.15) is 10.4 Å². The standard InChI is InChI=1S/C25H20N2O3/c1-29-22-13-9-21(10-14-22)27-25(28)20-15-19(16-26-17-20)18-7-11-24(12-8-18)30-23-5-3-2-4-6-23/h2-17H,1H3,(H,27,28). The Hall–Kier alpha value is -4.12. The Morgan fingerprint density at radius 3 is 2.13 bits per heavy atom. The predicted octanol–water partition coefficient (Wildman–Crippen LogP) is 5.80. The monoisotopic (exact) mass is 396 g/mol. The Bertz CT molecular complexity index is 1130. The van der Waals surface area contributed by atoms with Crippen LogP contribution in [0.15, 0.2) is 97.3 Å². The summed E-state index contributed by atoms with van der Waals surface area (Å²) in [4.78, 5) is 16.8. The maximum atomic E-state index is 12.6. The number of carbonyl (C=O) groups excluding carboxylic acids is 1. The van der Waals surface area contributed by atoms with Crippen molar-refractivity contribution < 1.29 is 14.3 Å². The van der Waals surface area contributed by atoms with E-state index in [-0.39, 0.29) is 5.91 Å². The lowest BCUT2D eigenvalue weighted by molar-refractivity contribution is 0.102. The molecule has 4 aromatic rings. The molecule has 0 saturated carbocycles. The number of hydrogen-bond acceptors (Lipinski definition) is 4. The lowest BCUT2D eigenvalue weighted by Crippen LogP contribution is -2.12. The summed E-state index contributed by atoms with van der Waals surface area (Å²) in [5.74, 6) is 2.03. The van der Waals surface area contributed by atoms with E-state index in [1.54, 1.807) is 43.8 Å². The fourth-order valence-electron chi connectivity index (χ4n) is 2.94. The SMILES string of the molecule is COc1ccc(NC(=O)c2cncc(-c3ccc(Oc4ccccc4)cc3)c2)cc1. The number of carbonyl (C=O) groups is 1. The maximum Gasteiger partial charge on any atom is 0.257 e. The van der Waals surface area contributed by atoms with Gasteiger partial charge in [-0.25, -0.2) is 0 Å². The molecule has 0 saturated heterocycles. The summed E-state index contributed by atoms with van der Waals surface area (Å²) in [7, 11) is 1.60. The third kappa shape index (κ3) is 4.64. The number of benzene rings is 3. The van der Waals surface area contributed by atoms with Gasteiger partial charge in [-0.15, -0.1) is 0 Å². The number of rotatable bonds is 6. The van der Waals surface area contributed by atoms with Gasteiger partial charge in [-0.3, -0.25) is 9.78 Å². The number of hydrogen-bond donors (Lipinski definition) is 1. The van der Waals surface area contributed by atoms with Crippen molar-refractivity contribution in [2.45, 2.75) is 0 Å². The number of para-hydroxylation sites is 1. The highest BCUT2D eigenvalue weighted by atomic mass is 16.5. The first kappa shape index (κ1) is 19.2. The first-order valence-electron chi connectivity index (χ1n) is 9.45. The molecule has 0 fully saturated rings. The molecule has 1 heterocycles. The van der Waals surface area contributed by atoms with Crippen LogP contribution in [0.25, 0.3) is 11.1 Å². The zero-order chi connectivity index (χ0) is 20.8. The van der Waals surface area contributed by atoms with E-state index in [9.17, 15) is 4.79 Å². The summed E-state index contributed by atoms with van der Waals surface area (Å²) in [6, 6.07) is 26.3. The van der Waals surface area contributed by atoms with Crippen LogP contribution in [0.2, 0.25) is 0 Å². The Balaban J connectivity index is 1.47. The van der Waals surface area contributed by atoms with Gasteiger partial charge in [-0.2, -0.15) is 0 Å². The van der Waals surface area contributed by atoms with Crippen molar-refractivity contribution in [3.05, 3.63) is 103 Å². The van der Waals surface area contributed by atoms with Crippen molar-refractivity contribution in [3.8, 4) is 28.4 Å². The van der Waals surface area contributed by atoms with Crippen LogP contribution in [-0.4, -0.2) is 18.0 Å². The highest BCUT2D eigenvalue weighted by molar-refractivity contribution is 6.04. The van der Waals surface area contributed by atoms with Crippen LogP contribution in [0, 0.1) is 0 Å². The Labute approximate surface area is 174 Å². The van der Waals surface area contributed by atoms with Crippen LogP contribution in [0.5, 0.6) is 17.2 Å². The second-order valence-electron chi connectivity index (χ2n) is 6.58. The number of aromatic nitrogens is 1. The largest absolute Gasteiger partial charge is 0.497 e. The van der Waals surface area contributed by atoms with E-state index in [2.05, 4.69) is 10.3 Å². The van der Waals surface area contributed by atoms with E-state index >= 15 is 0 Å². The summed E-state index contributed by atoms with van der Waals surface area (Å²) in [6.07, 6.45) is 3.28. The number of amides is 1. The molecule has 148 valence electrons. The molecular formula is C25H20N2O3. The van der Waals surface area contributed by atoms with Crippen molar-refractivity contribution in [2.75, 3.05) is 12.4 Å². The van der Waals surface area contributed by atoms with Crippen molar-refractivity contribution in [1.82, 2.24) is 4.98 Å². The van der Waals surface area contributed by atoms with Crippen LogP contribution >= 0.6 is 0 Å². The molecule has 1 aromatic heterocycles. The third-order valence-corrected chi connectivity index (χ3v) is 4.51. The minimum absolute atomic E-state index is 0.224. The van der Waals surface area contributed by atoms with E-state index < -0.39 is 0 Å². The Kier molecular flexibility index (Phi) is 5.71.